The molecule has 182 valence electrons. The van der Waals surface area contributed by atoms with E-state index >= 15 is 0 Å². The summed E-state index contributed by atoms with van der Waals surface area (Å²) < 4.78 is 43.8. The number of nitrogens with zero attached hydrogens (tertiary/aromatic N) is 3. The molecule has 2 heterocycles. The zero-order valence-corrected chi connectivity index (χ0v) is 18.6. The molecule has 2 aromatic heterocycles. The fraction of sp³-hybridized carbons (Fsp3) is 0.120. The van der Waals surface area contributed by atoms with Gasteiger partial charge < -0.3 is 15.8 Å². The van der Waals surface area contributed by atoms with Crippen LogP contribution in [0.2, 0.25) is 0 Å². The summed E-state index contributed by atoms with van der Waals surface area (Å²) in [6, 6.07) is 19.3. The number of amides is 1. The lowest BCUT2D eigenvalue weighted by molar-refractivity contribution is -0.159. The minimum absolute atomic E-state index is 0.0391. The first-order chi connectivity index (χ1) is 17.2. The number of halogens is 3. The predicted molar refractivity (Wildman–Crippen MR) is 129 cm³/mol. The Morgan fingerprint density at radius 1 is 1.06 bits per heavy atom. The molecule has 0 radical (unpaired) electrons. The topological polar surface area (TPSA) is 119 Å². The highest BCUT2D eigenvalue weighted by molar-refractivity contribution is 5.93. The van der Waals surface area contributed by atoms with Crippen molar-refractivity contribution < 1.29 is 22.7 Å². The molecule has 0 spiro atoms. The number of para-hydroxylation sites is 1. The maximum absolute atomic E-state index is 12.8. The van der Waals surface area contributed by atoms with Crippen LogP contribution in [0.15, 0.2) is 72.9 Å². The third kappa shape index (κ3) is 5.04. The molecule has 11 heteroatoms. The highest BCUT2D eigenvalue weighted by atomic mass is 19.4. The van der Waals surface area contributed by atoms with E-state index in [2.05, 4.69) is 25.5 Å². The number of rotatable bonds is 7. The number of nitrogens with two attached hydrogens (primary N) is 1. The fourth-order valence-electron chi connectivity index (χ4n) is 3.74. The van der Waals surface area contributed by atoms with Gasteiger partial charge in [0, 0.05) is 22.0 Å². The number of aromatic amines is 1. The maximum atomic E-state index is 12.8. The van der Waals surface area contributed by atoms with E-state index in [1.54, 1.807) is 18.3 Å². The molecule has 0 bridgehead atoms. The molecular weight excluding hydrogens is 473 g/mol. The number of ether oxygens (including phenoxy) is 1. The number of anilines is 2. The van der Waals surface area contributed by atoms with Gasteiger partial charge in [0.15, 0.2) is 11.9 Å². The van der Waals surface area contributed by atoms with E-state index in [1.165, 1.54) is 12.1 Å². The molecule has 1 atom stereocenters. The Hall–Kier alpha value is -4.67. The first-order valence-electron chi connectivity index (χ1n) is 10.9. The number of aromatic nitrogens is 4. The van der Waals surface area contributed by atoms with Crippen molar-refractivity contribution in [2.45, 2.75) is 18.7 Å². The third-order valence-corrected chi connectivity index (χ3v) is 5.41. The number of benzene rings is 3. The fourth-order valence-corrected chi connectivity index (χ4v) is 3.74. The molecule has 0 aliphatic carbocycles. The van der Waals surface area contributed by atoms with Crippen molar-refractivity contribution >= 4 is 39.2 Å². The van der Waals surface area contributed by atoms with Crippen LogP contribution < -0.4 is 15.8 Å². The van der Waals surface area contributed by atoms with E-state index in [0.29, 0.717) is 22.7 Å². The zero-order chi connectivity index (χ0) is 25.3. The second-order valence-electron chi connectivity index (χ2n) is 8.07. The van der Waals surface area contributed by atoms with Crippen molar-refractivity contribution in [2.75, 3.05) is 5.32 Å². The van der Waals surface area contributed by atoms with E-state index in [-0.39, 0.29) is 5.75 Å². The number of H-pyrrole nitrogens is 1. The van der Waals surface area contributed by atoms with E-state index in [4.69, 9.17) is 10.5 Å². The summed E-state index contributed by atoms with van der Waals surface area (Å²) >= 11 is 0. The normalized spacial score (nSPS) is 12.5. The van der Waals surface area contributed by atoms with Crippen molar-refractivity contribution in [1.29, 1.82) is 0 Å². The van der Waals surface area contributed by atoms with Crippen molar-refractivity contribution in [3.8, 4) is 17.1 Å². The molecule has 0 fully saturated rings. The van der Waals surface area contributed by atoms with Gasteiger partial charge in [-0.3, -0.25) is 9.89 Å². The van der Waals surface area contributed by atoms with Crippen LogP contribution in [-0.4, -0.2) is 38.4 Å². The molecule has 36 heavy (non-hydrogen) atoms. The van der Waals surface area contributed by atoms with E-state index in [1.807, 2.05) is 42.5 Å². The van der Waals surface area contributed by atoms with Gasteiger partial charge in [0.05, 0.1) is 23.7 Å². The molecule has 1 unspecified atom stereocenters. The Bertz CT molecular complexity index is 1570. The molecule has 0 aliphatic rings. The first kappa shape index (κ1) is 23.1. The Balaban J connectivity index is 1.50. The summed E-state index contributed by atoms with van der Waals surface area (Å²) in [5.41, 5.74) is 7.95. The van der Waals surface area contributed by atoms with Crippen LogP contribution >= 0.6 is 0 Å². The summed E-state index contributed by atoms with van der Waals surface area (Å²) in [6.07, 6.45) is -6.24. The number of fused-ring (bicyclic) bond motifs is 2. The van der Waals surface area contributed by atoms with Crippen LogP contribution in [0, 0.1) is 0 Å². The molecule has 1 amide bonds. The van der Waals surface area contributed by atoms with Gasteiger partial charge in [-0.15, -0.1) is 0 Å². The molecule has 0 saturated carbocycles. The van der Waals surface area contributed by atoms with Crippen LogP contribution in [0.1, 0.15) is 6.42 Å². The Kier molecular flexibility index (Phi) is 5.88. The lowest BCUT2D eigenvalue weighted by atomic mass is 10.1. The summed E-state index contributed by atoms with van der Waals surface area (Å²) in [4.78, 5) is 20.8. The highest BCUT2D eigenvalue weighted by Gasteiger charge is 2.36. The van der Waals surface area contributed by atoms with Crippen molar-refractivity contribution in [3.05, 3.63) is 72.9 Å². The van der Waals surface area contributed by atoms with Gasteiger partial charge >= 0.3 is 6.18 Å². The smallest absolute Gasteiger partial charge is 0.393 e. The monoisotopic (exact) mass is 492 g/mol. The number of alkyl halides is 3. The molecule has 5 aromatic rings. The van der Waals surface area contributed by atoms with Gasteiger partial charge in [-0.2, -0.15) is 18.3 Å². The quantitative estimate of drug-likeness (QED) is 0.291. The third-order valence-electron chi connectivity index (χ3n) is 5.41. The molecule has 4 N–H and O–H groups in total. The van der Waals surface area contributed by atoms with Gasteiger partial charge in [-0.25, -0.2) is 9.97 Å². The number of nitrogens with one attached hydrogen (secondary N) is 2. The van der Waals surface area contributed by atoms with Crippen LogP contribution in [0.3, 0.4) is 0 Å². The van der Waals surface area contributed by atoms with Crippen LogP contribution in [-0.2, 0) is 4.79 Å². The standard InChI is InChI=1S/C25H19F3N6O2/c26-25(27,28)12-21(22(29)35)36-17-5-3-4-14(11-17)23-32-20-7-2-1-6-18(20)24(33-23)31-16-8-9-19-15(10-16)13-30-34-19/h1-11,13,21H,12H2,(H2,29,35)(H,30,34)(H,31,32,33). The van der Waals surface area contributed by atoms with Crippen molar-refractivity contribution in [1.82, 2.24) is 20.2 Å². The Labute approximate surface area is 202 Å². The molecule has 0 saturated heterocycles. The highest BCUT2D eigenvalue weighted by Crippen LogP contribution is 2.30. The second kappa shape index (κ2) is 9.17. The lowest BCUT2D eigenvalue weighted by Gasteiger charge is -2.18. The largest absolute Gasteiger partial charge is 0.480 e. The summed E-state index contributed by atoms with van der Waals surface area (Å²) in [7, 11) is 0. The van der Waals surface area contributed by atoms with E-state index in [9.17, 15) is 18.0 Å². The number of hydrogen-bond acceptors (Lipinski definition) is 6. The van der Waals surface area contributed by atoms with E-state index in [0.717, 1.165) is 22.0 Å². The number of primary amides is 1. The van der Waals surface area contributed by atoms with Crippen LogP contribution in [0.4, 0.5) is 24.7 Å². The number of carbonyl (C=O) groups is 1. The maximum Gasteiger partial charge on any atom is 0.393 e. The molecule has 0 aliphatic heterocycles. The minimum atomic E-state index is -4.61. The number of carbonyl (C=O) groups excluding carboxylic acids is 1. The number of hydrogen-bond donors (Lipinski definition) is 3. The predicted octanol–water partition coefficient (Wildman–Crippen LogP) is 5.10. The summed E-state index contributed by atoms with van der Waals surface area (Å²) in [5.74, 6) is -0.313. The van der Waals surface area contributed by atoms with Gasteiger partial charge in [0.2, 0.25) is 0 Å². The Morgan fingerprint density at radius 2 is 1.89 bits per heavy atom. The van der Waals surface area contributed by atoms with Gasteiger partial charge in [0.1, 0.15) is 11.6 Å². The van der Waals surface area contributed by atoms with Crippen molar-refractivity contribution in [2.24, 2.45) is 5.73 Å². The van der Waals surface area contributed by atoms with Gasteiger partial charge in [-0.1, -0.05) is 24.3 Å². The van der Waals surface area contributed by atoms with E-state index < -0.39 is 24.6 Å². The Morgan fingerprint density at radius 3 is 2.69 bits per heavy atom. The molecule has 5 rings (SSSR count). The van der Waals surface area contributed by atoms with Gasteiger partial charge in [-0.05, 0) is 42.5 Å². The van der Waals surface area contributed by atoms with Crippen molar-refractivity contribution in [3.63, 3.8) is 0 Å². The molecular formula is C25H19F3N6O2. The molecule has 3 aromatic carbocycles. The van der Waals surface area contributed by atoms with Crippen LogP contribution in [0.25, 0.3) is 33.2 Å². The minimum Gasteiger partial charge on any atom is -0.480 e. The zero-order valence-electron chi connectivity index (χ0n) is 18.6. The van der Waals surface area contributed by atoms with Crippen LogP contribution in [0.5, 0.6) is 5.75 Å². The summed E-state index contributed by atoms with van der Waals surface area (Å²) in [5, 5.41) is 11.9. The van der Waals surface area contributed by atoms with Gasteiger partial charge in [0.25, 0.3) is 5.91 Å². The average molecular weight is 492 g/mol. The first-order valence-corrected chi connectivity index (χ1v) is 10.9. The average Bonchev–Trinajstić information content (AvgIpc) is 3.31. The SMILES string of the molecule is NC(=O)C(CC(F)(F)F)Oc1cccc(-c2nc(Nc3ccc4[nH]ncc4c3)c3ccccc3n2)c1. The summed E-state index contributed by atoms with van der Waals surface area (Å²) in [6.45, 7) is 0. The molecule has 8 nitrogen and oxygen atoms in total. The second-order valence-corrected chi connectivity index (χ2v) is 8.07. The lowest BCUT2D eigenvalue weighted by Crippen LogP contribution is -2.37.